The Bertz CT molecular complexity index is 765. The number of rotatable bonds is 2. The molecule has 0 atom stereocenters. The van der Waals surface area contributed by atoms with Gasteiger partial charge in [0.1, 0.15) is 17.9 Å². The third-order valence-corrected chi connectivity index (χ3v) is 3.23. The smallest absolute Gasteiger partial charge is 0.208 e. The molecule has 1 heterocycles. The van der Waals surface area contributed by atoms with Crippen molar-refractivity contribution in [3.05, 3.63) is 66.4 Å². The van der Waals surface area contributed by atoms with E-state index in [0.29, 0.717) is 5.56 Å². The molecule has 0 unspecified atom stereocenters. The molecule has 3 heteroatoms. The van der Waals surface area contributed by atoms with Crippen molar-refractivity contribution in [1.82, 2.24) is 0 Å². The molecule has 0 fully saturated rings. The van der Waals surface area contributed by atoms with Crippen molar-refractivity contribution in [2.75, 3.05) is 5.73 Å². The molecule has 96 valence electrons. The Morgan fingerprint density at radius 1 is 0.850 bits per heavy atom. The number of anilines is 1. The minimum atomic E-state index is 0.162. The van der Waals surface area contributed by atoms with E-state index in [1.807, 2.05) is 42.5 Å². The van der Waals surface area contributed by atoms with Gasteiger partial charge in [-0.2, -0.15) is 5.26 Å². The molecule has 2 aromatic carbocycles. The monoisotopic (exact) mass is 260 g/mol. The lowest BCUT2D eigenvalue weighted by molar-refractivity contribution is 0.588. The quantitative estimate of drug-likeness (QED) is 0.755. The van der Waals surface area contributed by atoms with Crippen molar-refractivity contribution in [3.8, 4) is 28.3 Å². The highest BCUT2D eigenvalue weighted by molar-refractivity contribution is 5.76. The summed E-state index contributed by atoms with van der Waals surface area (Å²) in [5.41, 5.74) is 9.94. The van der Waals surface area contributed by atoms with Gasteiger partial charge in [-0.15, -0.1) is 0 Å². The maximum Gasteiger partial charge on any atom is 0.208 e. The summed E-state index contributed by atoms with van der Waals surface area (Å²) in [5, 5.41) is 9.09. The van der Waals surface area contributed by atoms with Crippen LogP contribution in [0.4, 0.5) is 5.88 Å². The molecule has 3 rings (SSSR count). The van der Waals surface area contributed by atoms with Gasteiger partial charge in [0, 0.05) is 5.56 Å². The lowest BCUT2D eigenvalue weighted by Gasteiger charge is -2.03. The van der Waals surface area contributed by atoms with Crippen LogP contribution < -0.4 is 5.73 Å². The number of nitrogens with two attached hydrogens (primary N) is 1. The van der Waals surface area contributed by atoms with Crippen LogP contribution in [0.3, 0.4) is 0 Å². The van der Waals surface area contributed by atoms with E-state index in [2.05, 4.69) is 18.2 Å². The Balaban J connectivity index is 2.00. The van der Waals surface area contributed by atoms with Crippen LogP contribution in [0.15, 0.2) is 65.3 Å². The number of nitrogens with zero attached hydrogens (tertiary/aromatic N) is 1. The van der Waals surface area contributed by atoms with Gasteiger partial charge in [0.2, 0.25) is 5.88 Å². The fourth-order valence-corrected chi connectivity index (χ4v) is 2.17. The van der Waals surface area contributed by atoms with Crippen molar-refractivity contribution in [3.63, 3.8) is 0 Å². The minimum absolute atomic E-state index is 0.162. The second kappa shape index (κ2) is 4.94. The first kappa shape index (κ1) is 12.1. The molecular formula is C17H12N2O. The molecule has 20 heavy (non-hydrogen) atoms. The predicted octanol–water partition coefficient (Wildman–Crippen LogP) is 4.07. The highest BCUT2D eigenvalue weighted by atomic mass is 16.3. The Hall–Kier alpha value is -2.99. The van der Waals surface area contributed by atoms with Gasteiger partial charge in [0.25, 0.3) is 0 Å². The first-order valence-electron chi connectivity index (χ1n) is 6.22. The number of nitriles is 1. The summed E-state index contributed by atoms with van der Waals surface area (Å²) in [4.78, 5) is 0. The Labute approximate surface area is 116 Å². The topological polar surface area (TPSA) is 63.0 Å². The van der Waals surface area contributed by atoms with Crippen LogP contribution in [0, 0.1) is 11.3 Å². The van der Waals surface area contributed by atoms with E-state index < -0.39 is 0 Å². The number of nitrogen functional groups attached to an aromatic ring is 1. The van der Waals surface area contributed by atoms with Crippen molar-refractivity contribution in [2.45, 2.75) is 0 Å². The van der Waals surface area contributed by atoms with Crippen LogP contribution in [0.5, 0.6) is 0 Å². The molecule has 2 N–H and O–H groups in total. The van der Waals surface area contributed by atoms with Gasteiger partial charge < -0.3 is 10.2 Å². The van der Waals surface area contributed by atoms with Gasteiger partial charge in [-0.05, 0) is 16.7 Å². The third kappa shape index (κ3) is 2.04. The van der Waals surface area contributed by atoms with Crippen molar-refractivity contribution in [1.29, 1.82) is 5.26 Å². The summed E-state index contributed by atoms with van der Waals surface area (Å²) < 4.78 is 5.11. The highest BCUT2D eigenvalue weighted by Gasteiger charge is 2.12. The van der Waals surface area contributed by atoms with Crippen molar-refractivity contribution >= 4 is 5.88 Å². The van der Waals surface area contributed by atoms with Crippen LogP contribution in [0.2, 0.25) is 0 Å². The van der Waals surface area contributed by atoms with Gasteiger partial charge in [-0.1, -0.05) is 54.6 Å². The normalized spacial score (nSPS) is 10.2. The van der Waals surface area contributed by atoms with E-state index in [1.165, 1.54) is 6.26 Å². The maximum atomic E-state index is 9.09. The number of benzene rings is 2. The van der Waals surface area contributed by atoms with Crippen molar-refractivity contribution in [2.24, 2.45) is 0 Å². The first-order valence-corrected chi connectivity index (χ1v) is 6.22. The SMILES string of the molecule is N#Cc1c(-c2ccc(-c3ccccc3)cc2)coc1N. The van der Waals surface area contributed by atoms with E-state index in [1.54, 1.807) is 0 Å². The van der Waals surface area contributed by atoms with Gasteiger partial charge in [-0.3, -0.25) is 0 Å². The number of hydrogen-bond donors (Lipinski definition) is 1. The van der Waals surface area contributed by atoms with Crippen LogP contribution in [-0.4, -0.2) is 0 Å². The lowest BCUT2D eigenvalue weighted by Crippen LogP contribution is -1.86. The zero-order chi connectivity index (χ0) is 13.9. The van der Waals surface area contributed by atoms with E-state index in [9.17, 15) is 0 Å². The van der Waals surface area contributed by atoms with Gasteiger partial charge in [0.05, 0.1) is 0 Å². The summed E-state index contributed by atoms with van der Waals surface area (Å²) >= 11 is 0. The molecule has 0 spiro atoms. The van der Waals surface area contributed by atoms with E-state index >= 15 is 0 Å². The third-order valence-electron chi connectivity index (χ3n) is 3.23. The minimum Gasteiger partial charge on any atom is -0.447 e. The van der Waals surface area contributed by atoms with Crippen LogP contribution >= 0.6 is 0 Å². The number of hydrogen-bond acceptors (Lipinski definition) is 3. The van der Waals surface area contributed by atoms with Crippen LogP contribution in [0.25, 0.3) is 22.3 Å². The maximum absolute atomic E-state index is 9.09. The average Bonchev–Trinajstić information content (AvgIpc) is 2.89. The Kier molecular flexibility index (Phi) is 2.98. The Morgan fingerprint density at radius 2 is 1.45 bits per heavy atom. The van der Waals surface area contributed by atoms with Gasteiger partial charge in [0.15, 0.2) is 0 Å². The first-order chi connectivity index (χ1) is 9.79. The summed E-state index contributed by atoms with van der Waals surface area (Å²) in [6.07, 6.45) is 1.52. The fraction of sp³-hybridized carbons (Fsp3) is 0. The summed E-state index contributed by atoms with van der Waals surface area (Å²) in [5.74, 6) is 0.162. The zero-order valence-electron chi connectivity index (χ0n) is 10.7. The lowest BCUT2D eigenvalue weighted by atomic mass is 10.00. The van der Waals surface area contributed by atoms with E-state index in [-0.39, 0.29) is 5.88 Å². The molecule has 0 saturated heterocycles. The molecule has 3 nitrogen and oxygen atoms in total. The molecule has 0 bridgehead atoms. The summed E-state index contributed by atoms with van der Waals surface area (Å²) in [6, 6.07) is 20.2. The summed E-state index contributed by atoms with van der Waals surface area (Å²) in [7, 11) is 0. The second-order valence-electron chi connectivity index (χ2n) is 4.44. The molecule has 0 amide bonds. The van der Waals surface area contributed by atoms with E-state index in [0.717, 1.165) is 22.3 Å². The van der Waals surface area contributed by atoms with Crippen molar-refractivity contribution < 1.29 is 4.42 Å². The number of furan rings is 1. The largest absolute Gasteiger partial charge is 0.447 e. The summed E-state index contributed by atoms with van der Waals surface area (Å²) in [6.45, 7) is 0. The predicted molar refractivity (Wildman–Crippen MR) is 78.7 cm³/mol. The van der Waals surface area contributed by atoms with Gasteiger partial charge in [-0.25, -0.2) is 0 Å². The standard InChI is InChI=1S/C17H12N2O/c18-10-15-16(11-20-17(15)19)14-8-6-13(7-9-14)12-4-2-1-3-5-12/h1-9,11H,19H2. The van der Waals surface area contributed by atoms with Crippen LogP contribution in [-0.2, 0) is 0 Å². The van der Waals surface area contributed by atoms with Gasteiger partial charge >= 0.3 is 0 Å². The second-order valence-corrected chi connectivity index (χ2v) is 4.44. The molecule has 1 aromatic heterocycles. The zero-order valence-corrected chi connectivity index (χ0v) is 10.7. The fourth-order valence-electron chi connectivity index (χ4n) is 2.17. The molecule has 0 radical (unpaired) electrons. The molecule has 3 aromatic rings. The molecule has 0 aliphatic carbocycles. The molecule has 0 saturated carbocycles. The highest BCUT2D eigenvalue weighted by Crippen LogP contribution is 2.30. The van der Waals surface area contributed by atoms with E-state index in [4.69, 9.17) is 15.4 Å². The molecule has 0 aliphatic heterocycles. The molecule has 0 aliphatic rings. The Morgan fingerprint density at radius 3 is 2.10 bits per heavy atom. The van der Waals surface area contributed by atoms with Crippen LogP contribution in [0.1, 0.15) is 5.56 Å². The average molecular weight is 260 g/mol. The molecular weight excluding hydrogens is 248 g/mol.